The van der Waals surface area contributed by atoms with Crippen LogP contribution in [-0.4, -0.2) is 35.6 Å². The average Bonchev–Trinajstić information content (AvgIpc) is 2.46. The summed E-state index contributed by atoms with van der Waals surface area (Å²) in [6, 6.07) is -0.857. The van der Waals surface area contributed by atoms with E-state index < -0.39 is 45.6 Å². The highest BCUT2D eigenvalue weighted by Crippen LogP contribution is 2.42. The van der Waals surface area contributed by atoms with Crippen molar-refractivity contribution in [3.63, 3.8) is 0 Å². The van der Waals surface area contributed by atoms with Crippen LogP contribution in [-0.2, 0) is 9.53 Å². The van der Waals surface area contributed by atoms with Crippen LogP contribution in [0.2, 0.25) is 0 Å². The first-order valence-corrected chi connectivity index (χ1v) is 6.02. The average molecular weight is 320 g/mol. The van der Waals surface area contributed by atoms with Crippen molar-refractivity contribution in [1.82, 2.24) is 0 Å². The minimum absolute atomic E-state index is 0.300. The van der Waals surface area contributed by atoms with Gasteiger partial charge < -0.3 is 20.3 Å². The van der Waals surface area contributed by atoms with Crippen LogP contribution in [0, 0.1) is 10.1 Å². The van der Waals surface area contributed by atoms with E-state index in [0.717, 1.165) is 13.2 Å². The molecule has 0 radical (unpaired) electrons. The fourth-order valence-electron chi connectivity index (χ4n) is 1.66. The molecule has 0 saturated carbocycles. The number of esters is 1. The maximum absolute atomic E-state index is 13.9. The molecule has 0 aliphatic heterocycles. The molecule has 0 aromatic heterocycles. The van der Waals surface area contributed by atoms with E-state index in [0.29, 0.717) is 6.07 Å². The van der Waals surface area contributed by atoms with Gasteiger partial charge in [0, 0.05) is 11.6 Å². The van der Waals surface area contributed by atoms with Crippen molar-refractivity contribution in [3.05, 3.63) is 27.8 Å². The van der Waals surface area contributed by atoms with E-state index in [1.165, 1.54) is 6.92 Å². The summed E-state index contributed by atoms with van der Waals surface area (Å²) in [5, 5.41) is 20.6. The lowest BCUT2D eigenvalue weighted by Gasteiger charge is -2.23. The zero-order valence-corrected chi connectivity index (χ0v) is 11.7. The molecular weight excluding hydrogens is 306 g/mol. The second kappa shape index (κ2) is 6.52. The van der Waals surface area contributed by atoms with Gasteiger partial charge in [-0.2, -0.15) is 8.78 Å². The second-order valence-electron chi connectivity index (χ2n) is 4.16. The Hall–Kier alpha value is -2.49. The van der Waals surface area contributed by atoms with Crippen molar-refractivity contribution >= 4 is 11.7 Å². The Balaban J connectivity index is 3.38. The molecule has 0 bridgehead atoms. The molecule has 0 fully saturated rings. The topological polar surface area (TPSA) is 125 Å². The summed E-state index contributed by atoms with van der Waals surface area (Å²) in [4.78, 5) is 21.2. The third-order valence-corrected chi connectivity index (χ3v) is 2.79. The van der Waals surface area contributed by atoms with Crippen LogP contribution in [0.4, 0.5) is 14.5 Å². The first-order chi connectivity index (χ1) is 10.2. The van der Waals surface area contributed by atoms with E-state index in [1.54, 1.807) is 0 Å². The third kappa shape index (κ3) is 3.22. The number of hydrogen-bond acceptors (Lipinski definition) is 7. The molecule has 0 spiro atoms. The molecule has 1 aromatic carbocycles. The van der Waals surface area contributed by atoms with Crippen molar-refractivity contribution in [3.8, 4) is 11.5 Å². The first-order valence-electron chi connectivity index (χ1n) is 6.02. The molecule has 122 valence electrons. The summed E-state index contributed by atoms with van der Waals surface area (Å²) in [7, 11) is 1.08. The molecule has 0 aliphatic carbocycles. The van der Waals surface area contributed by atoms with E-state index >= 15 is 0 Å². The number of nitro benzene ring substituents is 1. The highest BCUT2D eigenvalue weighted by Gasteiger charge is 2.49. The summed E-state index contributed by atoms with van der Waals surface area (Å²) in [5.41, 5.74) is 3.98. The summed E-state index contributed by atoms with van der Waals surface area (Å²) < 4.78 is 36.7. The summed E-state index contributed by atoms with van der Waals surface area (Å²) in [5.74, 6) is -7.32. The Morgan fingerprint density at radius 3 is 2.59 bits per heavy atom. The quantitative estimate of drug-likeness (QED) is 0.462. The van der Waals surface area contributed by atoms with Crippen LogP contribution in [0.1, 0.15) is 18.5 Å². The van der Waals surface area contributed by atoms with Crippen LogP contribution >= 0.6 is 0 Å². The molecule has 0 unspecified atom stereocenters. The molecule has 0 saturated heterocycles. The Labute approximate surface area is 123 Å². The molecule has 1 rings (SSSR count). The number of carbonyl (C=O) groups excluding carboxylic acids is 1. The standard InChI is InChI=1S/C12H14F2N2O6/c1-3-22-11(18)12(13,14)10(15)7-4-6(16(19)20)5-8(21-2)9(7)17/h4-5,10,17H,3,15H2,1-2H3/t10-/m0/s1. The molecule has 8 nitrogen and oxygen atoms in total. The predicted octanol–water partition coefficient (Wildman–Crippen LogP) is 1.51. The number of nitrogens with zero attached hydrogens (tertiary/aromatic N) is 1. The zero-order valence-electron chi connectivity index (χ0n) is 11.7. The van der Waals surface area contributed by atoms with Gasteiger partial charge in [-0.05, 0) is 6.92 Å². The highest BCUT2D eigenvalue weighted by molar-refractivity contribution is 5.79. The number of nitro groups is 1. The number of alkyl halides is 2. The number of hydrogen-bond donors (Lipinski definition) is 2. The van der Waals surface area contributed by atoms with Gasteiger partial charge in [0.1, 0.15) is 6.04 Å². The Kier molecular flexibility index (Phi) is 5.20. The lowest BCUT2D eigenvalue weighted by molar-refractivity contribution is -0.385. The molecule has 1 aromatic rings. The number of aromatic hydroxyl groups is 1. The number of benzene rings is 1. The fraction of sp³-hybridized carbons (Fsp3) is 0.417. The van der Waals surface area contributed by atoms with Crippen molar-refractivity contribution in [2.24, 2.45) is 5.73 Å². The largest absolute Gasteiger partial charge is 0.504 e. The SMILES string of the molecule is CCOC(=O)C(F)(F)[C@@H](N)c1cc([N+](=O)[O-])cc(OC)c1O. The van der Waals surface area contributed by atoms with E-state index in [1.807, 2.05) is 0 Å². The third-order valence-electron chi connectivity index (χ3n) is 2.79. The van der Waals surface area contributed by atoms with Gasteiger partial charge in [-0.15, -0.1) is 0 Å². The summed E-state index contributed by atoms with van der Waals surface area (Å²) in [6.07, 6.45) is 0. The lowest BCUT2D eigenvalue weighted by atomic mass is 9.99. The van der Waals surface area contributed by atoms with Crippen LogP contribution in [0.25, 0.3) is 0 Å². The van der Waals surface area contributed by atoms with Crippen molar-refractivity contribution in [2.45, 2.75) is 18.9 Å². The number of non-ortho nitro benzene ring substituents is 1. The molecule has 22 heavy (non-hydrogen) atoms. The van der Waals surface area contributed by atoms with Gasteiger partial charge in [0.25, 0.3) is 5.69 Å². The van der Waals surface area contributed by atoms with Gasteiger partial charge in [0.2, 0.25) is 0 Å². The van der Waals surface area contributed by atoms with E-state index in [9.17, 15) is 28.8 Å². The summed E-state index contributed by atoms with van der Waals surface area (Å²) >= 11 is 0. The molecule has 1 atom stereocenters. The van der Waals surface area contributed by atoms with Gasteiger partial charge in [-0.1, -0.05) is 0 Å². The minimum atomic E-state index is -4.19. The molecule has 0 heterocycles. The summed E-state index contributed by atoms with van der Waals surface area (Å²) in [6.45, 7) is 1.03. The number of phenolic OH excluding ortho intramolecular Hbond substituents is 1. The van der Waals surface area contributed by atoms with Crippen LogP contribution in [0.5, 0.6) is 11.5 Å². The lowest BCUT2D eigenvalue weighted by Crippen LogP contribution is -2.41. The minimum Gasteiger partial charge on any atom is -0.504 e. The zero-order chi connectivity index (χ0) is 17.1. The predicted molar refractivity (Wildman–Crippen MR) is 69.8 cm³/mol. The smallest absolute Gasteiger partial charge is 0.379 e. The van der Waals surface area contributed by atoms with Crippen molar-refractivity contribution in [1.29, 1.82) is 0 Å². The highest BCUT2D eigenvalue weighted by atomic mass is 19.3. The van der Waals surface area contributed by atoms with Crippen LogP contribution in [0.15, 0.2) is 12.1 Å². The number of rotatable bonds is 6. The molecular formula is C12H14F2N2O6. The number of halogens is 2. The van der Waals surface area contributed by atoms with Gasteiger partial charge in [0.05, 0.1) is 24.7 Å². The maximum Gasteiger partial charge on any atom is 0.379 e. The Morgan fingerprint density at radius 2 is 2.14 bits per heavy atom. The molecule has 10 heteroatoms. The number of methoxy groups -OCH3 is 1. The normalized spacial score (nSPS) is 12.6. The number of nitrogens with two attached hydrogens (primary N) is 1. The first kappa shape index (κ1) is 17.6. The number of phenols is 1. The van der Waals surface area contributed by atoms with Crippen molar-refractivity contribution in [2.75, 3.05) is 13.7 Å². The monoisotopic (exact) mass is 320 g/mol. The van der Waals surface area contributed by atoms with E-state index in [4.69, 9.17) is 5.73 Å². The van der Waals surface area contributed by atoms with Crippen molar-refractivity contribution < 1.29 is 33.1 Å². The van der Waals surface area contributed by atoms with E-state index in [-0.39, 0.29) is 6.61 Å². The van der Waals surface area contributed by atoms with Crippen LogP contribution in [0.3, 0.4) is 0 Å². The van der Waals surface area contributed by atoms with Gasteiger partial charge in [0.15, 0.2) is 11.5 Å². The number of ether oxygens (including phenoxy) is 2. The molecule has 0 aliphatic rings. The van der Waals surface area contributed by atoms with Gasteiger partial charge in [-0.25, -0.2) is 4.79 Å². The Morgan fingerprint density at radius 1 is 1.55 bits per heavy atom. The second-order valence-corrected chi connectivity index (χ2v) is 4.16. The van der Waals surface area contributed by atoms with Gasteiger partial charge >= 0.3 is 11.9 Å². The molecule has 3 N–H and O–H groups in total. The molecule has 0 amide bonds. The van der Waals surface area contributed by atoms with E-state index in [2.05, 4.69) is 9.47 Å². The maximum atomic E-state index is 13.9. The van der Waals surface area contributed by atoms with Gasteiger partial charge in [-0.3, -0.25) is 10.1 Å². The number of carbonyl (C=O) groups is 1. The fourth-order valence-corrected chi connectivity index (χ4v) is 1.66. The van der Waals surface area contributed by atoms with Crippen LogP contribution < -0.4 is 10.5 Å². The Bertz CT molecular complexity index is 593.